The van der Waals surface area contributed by atoms with Crippen molar-refractivity contribution >= 4 is 15.5 Å². The molecule has 1 unspecified atom stereocenters. The molecule has 0 radical (unpaired) electrons. The van der Waals surface area contributed by atoms with Crippen molar-refractivity contribution in [2.75, 3.05) is 31.2 Å². The van der Waals surface area contributed by atoms with Crippen molar-refractivity contribution in [1.29, 1.82) is 0 Å². The van der Waals surface area contributed by atoms with E-state index in [1.165, 1.54) is 12.7 Å². The van der Waals surface area contributed by atoms with Gasteiger partial charge in [-0.2, -0.15) is 0 Å². The molecule has 1 fully saturated rings. The molecule has 0 saturated carbocycles. The Morgan fingerprint density at radius 1 is 1.30 bits per heavy atom. The summed E-state index contributed by atoms with van der Waals surface area (Å²) in [5.41, 5.74) is 0.905. The van der Waals surface area contributed by atoms with Crippen LogP contribution in [0.1, 0.15) is 26.2 Å². The molecule has 1 saturated heterocycles. The van der Waals surface area contributed by atoms with E-state index in [0.717, 1.165) is 38.2 Å². The van der Waals surface area contributed by atoms with Crippen molar-refractivity contribution in [3.05, 3.63) is 24.3 Å². The van der Waals surface area contributed by atoms with Crippen LogP contribution in [0.2, 0.25) is 0 Å². The molecule has 0 bridgehead atoms. The lowest BCUT2D eigenvalue weighted by molar-refractivity contribution is 0.300. The highest BCUT2D eigenvalue weighted by molar-refractivity contribution is 7.90. The normalized spacial score (nSPS) is 21.4. The van der Waals surface area contributed by atoms with Gasteiger partial charge in [-0.15, -0.1) is 0 Å². The highest BCUT2D eigenvalue weighted by Gasteiger charge is 2.16. The van der Waals surface area contributed by atoms with Gasteiger partial charge in [-0.25, -0.2) is 8.42 Å². The van der Waals surface area contributed by atoms with Gasteiger partial charge in [0.15, 0.2) is 9.84 Å². The maximum atomic E-state index is 11.6. The van der Waals surface area contributed by atoms with Gasteiger partial charge < -0.3 is 10.2 Å². The molecule has 0 spiro atoms. The van der Waals surface area contributed by atoms with Crippen LogP contribution in [0.25, 0.3) is 0 Å². The molecule has 0 aliphatic carbocycles. The van der Waals surface area contributed by atoms with Crippen LogP contribution in [-0.2, 0) is 9.84 Å². The molecule has 5 heteroatoms. The Balaban J connectivity index is 2.03. The fraction of sp³-hybridized carbons (Fsp3) is 0.600. The first-order valence-corrected chi connectivity index (χ1v) is 9.17. The molecule has 1 aromatic rings. The van der Waals surface area contributed by atoms with Gasteiger partial charge in [0.05, 0.1) is 4.90 Å². The van der Waals surface area contributed by atoms with Gasteiger partial charge in [0.2, 0.25) is 0 Å². The molecule has 1 aliphatic rings. The Bertz CT molecular complexity index is 543. The molecule has 1 N–H and O–H groups in total. The number of nitrogens with zero attached hydrogens (tertiary/aromatic N) is 1. The predicted octanol–water partition coefficient (Wildman–Crippen LogP) is 2.38. The Labute approximate surface area is 122 Å². The van der Waals surface area contributed by atoms with Gasteiger partial charge in [-0.05, 0) is 50.6 Å². The third kappa shape index (κ3) is 4.21. The molecule has 20 heavy (non-hydrogen) atoms. The summed E-state index contributed by atoms with van der Waals surface area (Å²) in [7, 11) is -3.13. The zero-order valence-corrected chi connectivity index (χ0v) is 13.1. The summed E-state index contributed by atoms with van der Waals surface area (Å²) in [5, 5.41) is 3.49. The lowest BCUT2D eigenvalue weighted by atomic mass is 10.1. The smallest absolute Gasteiger partial charge is 0.175 e. The van der Waals surface area contributed by atoms with E-state index in [-0.39, 0.29) is 0 Å². The largest absolute Gasteiger partial charge is 0.382 e. The summed E-state index contributed by atoms with van der Waals surface area (Å²) in [6.07, 6.45) is 4.69. The molecule has 1 atom stereocenters. The molecule has 1 aliphatic heterocycles. The van der Waals surface area contributed by atoms with Gasteiger partial charge >= 0.3 is 0 Å². The van der Waals surface area contributed by atoms with Crippen molar-refractivity contribution in [2.24, 2.45) is 0 Å². The van der Waals surface area contributed by atoms with Crippen LogP contribution in [-0.4, -0.2) is 45.2 Å². The molecule has 4 nitrogen and oxygen atoms in total. The van der Waals surface area contributed by atoms with Gasteiger partial charge in [0.25, 0.3) is 0 Å². The van der Waals surface area contributed by atoms with Crippen LogP contribution in [0, 0.1) is 0 Å². The monoisotopic (exact) mass is 296 g/mol. The minimum Gasteiger partial charge on any atom is -0.382 e. The van der Waals surface area contributed by atoms with Crippen LogP contribution in [0.4, 0.5) is 5.69 Å². The minimum atomic E-state index is -3.13. The summed E-state index contributed by atoms with van der Waals surface area (Å²) < 4.78 is 23.2. The Morgan fingerprint density at radius 2 is 2.10 bits per heavy atom. The second kappa shape index (κ2) is 6.59. The lowest BCUT2D eigenvalue weighted by Crippen LogP contribution is -2.26. The molecule has 0 aromatic heterocycles. The number of likely N-dealkylation sites (tertiary alicyclic amines) is 1. The summed E-state index contributed by atoms with van der Waals surface area (Å²) in [6.45, 7) is 5.58. The quantitative estimate of drug-likeness (QED) is 0.927. The van der Waals surface area contributed by atoms with Gasteiger partial charge in [0, 0.05) is 24.5 Å². The first kappa shape index (κ1) is 15.3. The third-order valence-electron chi connectivity index (χ3n) is 3.90. The predicted molar refractivity (Wildman–Crippen MR) is 82.9 cm³/mol. The number of benzene rings is 1. The number of sulfone groups is 1. The Hall–Kier alpha value is -1.07. The zero-order chi connectivity index (χ0) is 14.6. The van der Waals surface area contributed by atoms with E-state index in [4.69, 9.17) is 0 Å². The molecule has 0 amide bonds. The van der Waals surface area contributed by atoms with Crippen molar-refractivity contribution in [2.45, 2.75) is 37.1 Å². The van der Waals surface area contributed by atoms with E-state index in [9.17, 15) is 8.42 Å². The summed E-state index contributed by atoms with van der Waals surface area (Å²) in [4.78, 5) is 2.85. The van der Waals surface area contributed by atoms with Crippen LogP contribution in [0.3, 0.4) is 0 Å². The van der Waals surface area contributed by atoms with Crippen molar-refractivity contribution in [3.63, 3.8) is 0 Å². The fourth-order valence-corrected chi connectivity index (χ4v) is 3.34. The topological polar surface area (TPSA) is 49.4 Å². The van der Waals surface area contributed by atoms with Crippen LogP contribution in [0.15, 0.2) is 29.2 Å². The van der Waals surface area contributed by atoms with Gasteiger partial charge in [-0.3, -0.25) is 0 Å². The molecule has 112 valence electrons. The second-order valence-corrected chi connectivity index (χ2v) is 7.52. The number of anilines is 1. The highest BCUT2D eigenvalue weighted by Crippen LogP contribution is 2.19. The molecule has 1 heterocycles. The molecular weight excluding hydrogens is 272 g/mol. The summed E-state index contributed by atoms with van der Waals surface area (Å²) >= 11 is 0. The average molecular weight is 296 g/mol. The SMILES string of the molecule is CCN1CCCC(Nc2cccc(S(C)(=O)=O)c2)CC1. The summed E-state index contributed by atoms with van der Waals surface area (Å²) in [6, 6.07) is 7.55. The fourth-order valence-electron chi connectivity index (χ4n) is 2.67. The first-order valence-electron chi connectivity index (χ1n) is 7.28. The van der Waals surface area contributed by atoms with Gasteiger partial charge in [0.1, 0.15) is 0 Å². The second-order valence-electron chi connectivity index (χ2n) is 5.51. The lowest BCUT2D eigenvalue weighted by Gasteiger charge is -2.19. The van der Waals surface area contributed by atoms with Crippen LogP contribution < -0.4 is 5.32 Å². The standard InChI is InChI=1S/C15H24N2O2S/c1-3-17-10-5-7-13(9-11-17)16-14-6-4-8-15(12-14)20(2,18)19/h4,6,8,12-13,16H,3,5,7,9-11H2,1-2H3. The zero-order valence-electron chi connectivity index (χ0n) is 12.3. The van der Waals surface area contributed by atoms with Crippen molar-refractivity contribution in [1.82, 2.24) is 4.90 Å². The first-order chi connectivity index (χ1) is 9.49. The van der Waals surface area contributed by atoms with E-state index in [2.05, 4.69) is 17.1 Å². The number of nitrogens with one attached hydrogen (secondary N) is 1. The average Bonchev–Trinajstić information content (AvgIpc) is 2.63. The van der Waals surface area contributed by atoms with E-state index in [1.807, 2.05) is 6.07 Å². The minimum absolute atomic E-state index is 0.381. The third-order valence-corrected chi connectivity index (χ3v) is 5.01. The van der Waals surface area contributed by atoms with E-state index >= 15 is 0 Å². The Kier molecular flexibility index (Phi) is 5.05. The van der Waals surface area contributed by atoms with E-state index in [1.54, 1.807) is 18.2 Å². The van der Waals surface area contributed by atoms with Crippen LogP contribution in [0.5, 0.6) is 0 Å². The summed E-state index contributed by atoms with van der Waals surface area (Å²) in [5.74, 6) is 0. The van der Waals surface area contributed by atoms with E-state index < -0.39 is 9.84 Å². The van der Waals surface area contributed by atoms with E-state index in [0.29, 0.717) is 10.9 Å². The van der Waals surface area contributed by atoms with Gasteiger partial charge in [-0.1, -0.05) is 13.0 Å². The van der Waals surface area contributed by atoms with Crippen LogP contribution >= 0.6 is 0 Å². The number of hydrogen-bond donors (Lipinski definition) is 1. The molecular formula is C15H24N2O2S. The maximum absolute atomic E-state index is 11.6. The van der Waals surface area contributed by atoms with Crippen molar-refractivity contribution < 1.29 is 8.42 Å². The number of hydrogen-bond acceptors (Lipinski definition) is 4. The maximum Gasteiger partial charge on any atom is 0.175 e. The highest BCUT2D eigenvalue weighted by atomic mass is 32.2. The Morgan fingerprint density at radius 3 is 2.80 bits per heavy atom. The molecule has 2 rings (SSSR count). The molecule has 1 aromatic carbocycles. The van der Waals surface area contributed by atoms with Crippen molar-refractivity contribution in [3.8, 4) is 0 Å². The number of rotatable bonds is 4.